The van der Waals surface area contributed by atoms with Crippen LogP contribution in [0.15, 0.2) is 18.2 Å². The van der Waals surface area contributed by atoms with E-state index in [9.17, 15) is 14.0 Å². The Hall–Kier alpha value is -1.62. The number of benzene rings is 1. The van der Waals surface area contributed by atoms with Crippen molar-refractivity contribution in [2.45, 2.75) is 33.1 Å². The van der Waals surface area contributed by atoms with Gasteiger partial charge >= 0.3 is 0 Å². The molecule has 1 aromatic carbocycles. The predicted octanol–water partition coefficient (Wildman–Crippen LogP) is 3.46. The highest BCUT2D eigenvalue weighted by molar-refractivity contribution is 6.31. The fraction of sp³-hybridized carbons (Fsp3) is 0.467. The smallest absolute Gasteiger partial charge is 0.243 e. The highest BCUT2D eigenvalue weighted by Gasteiger charge is 2.13. The van der Waals surface area contributed by atoms with Crippen LogP contribution in [0.5, 0.6) is 0 Å². The van der Waals surface area contributed by atoms with Crippen LogP contribution in [0, 0.1) is 5.82 Å². The summed E-state index contributed by atoms with van der Waals surface area (Å²) in [5, 5.41) is 2.55. The molecule has 0 aliphatic carbocycles. The number of hydrogen-bond acceptors (Lipinski definition) is 2. The van der Waals surface area contributed by atoms with Crippen molar-refractivity contribution in [3.63, 3.8) is 0 Å². The first-order chi connectivity index (χ1) is 9.93. The summed E-state index contributed by atoms with van der Waals surface area (Å²) in [5.41, 5.74) is 0.406. The molecule has 0 heterocycles. The van der Waals surface area contributed by atoms with Crippen molar-refractivity contribution in [2.24, 2.45) is 0 Å². The molecule has 0 atom stereocenters. The first kappa shape index (κ1) is 17.4. The molecule has 1 N–H and O–H groups in total. The molecular weight excluding hydrogens is 295 g/mol. The van der Waals surface area contributed by atoms with Crippen molar-refractivity contribution < 1.29 is 14.0 Å². The van der Waals surface area contributed by atoms with Gasteiger partial charge in [-0.3, -0.25) is 9.59 Å². The van der Waals surface area contributed by atoms with Gasteiger partial charge in [0.05, 0.1) is 11.6 Å². The number of anilines is 1. The summed E-state index contributed by atoms with van der Waals surface area (Å²) in [6.45, 7) is 4.05. The van der Waals surface area contributed by atoms with Crippen LogP contribution in [-0.4, -0.2) is 29.8 Å². The van der Waals surface area contributed by atoms with Crippen molar-refractivity contribution in [3.05, 3.63) is 29.0 Å². The summed E-state index contributed by atoms with van der Waals surface area (Å²) < 4.78 is 13.0. The van der Waals surface area contributed by atoms with Gasteiger partial charge in [-0.1, -0.05) is 31.4 Å². The van der Waals surface area contributed by atoms with Crippen molar-refractivity contribution >= 4 is 29.1 Å². The van der Waals surface area contributed by atoms with E-state index in [0.717, 1.165) is 19.3 Å². The number of hydrogen-bond donors (Lipinski definition) is 1. The number of unbranched alkanes of at least 4 members (excludes halogenated alkanes) is 2. The molecular formula is C15H20ClFN2O2. The average Bonchev–Trinajstić information content (AvgIpc) is 2.42. The molecule has 0 aliphatic rings. The molecule has 6 heteroatoms. The quantitative estimate of drug-likeness (QED) is 0.784. The zero-order valence-electron chi connectivity index (χ0n) is 12.3. The van der Waals surface area contributed by atoms with Crippen molar-refractivity contribution in [1.82, 2.24) is 4.90 Å². The Balaban J connectivity index is 2.56. The Labute approximate surface area is 129 Å². The molecule has 0 saturated carbocycles. The van der Waals surface area contributed by atoms with Gasteiger partial charge in [-0.25, -0.2) is 4.39 Å². The fourth-order valence-corrected chi connectivity index (χ4v) is 2.03. The minimum atomic E-state index is -0.542. The normalized spacial score (nSPS) is 10.3. The summed E-state index contributed by atoms with van der Waals surface area (Å²) >= 11 is 5.65. The van der Waals surface area contributed by atoms with Crippen LogP contribution in [0.1, 0.15) is 33.1 Å². The third-order valence-electron chi connectivity index (χ3n) is 3.01. The molecule has 4 nitrogen and oxygen atoms in total. The molecule has 1 rings (SSSR count). The Morgan fingerprint density at radius 3 is 2.62 bits per heavy atom. The minimum Gasteiger partial charge on any atom is -0.334 e. The van der Waals surface area contributed by atoms with Gasteiger partial charge in [0.2, 0.25) is 11.8 Å². The maximum absolute atomic E-state index is 13.0. The van der Waals surface area contributed by atoms with Crippen LogP contribution in [-0.2, 0) is 9.59 Å². The van der Waals surface area contributed by atoms with Gasteiger partial charge in [0.25, 0.3) is 0 Å². The largest absolute Gasteiger partial charge is 0.334 e. The molecule has 116 valence electrons. The van der Waals surface area contributed by atoms with Gasteiger partial charge < -0.3 is 10.2 Å². The van der Waals surface area contributed by atoms with Crippen LogP contribution >= 0.6 is 11.6 Å². The number of nitrogens with one attached hydrogen (secondary N) is 1. The van der Waals surface area contributed by atoms with E-state index in [-0.39, 0.29) is 23.4 Å². The fourth-order valence-electron chi connectivity index (χ4n) is 1.85. The van der Waals surface area contributed by atoms with E-state index in [1.54, 1.807) is 0 Å². The molecule has 21 heavy (non-hydrogen) atoms. The summed E-state index contributed by atoms with van der Waals surface area (Å²) in [4.78, 5) is 24.9. The molecule has 0 bridgehead atoms. The number of rotatable bonds is 7. The second-order valence-corrected chi connectivity index (χ2v) is 5.23. The molecule has 0 fully saturated rings. The number of amides is 2. The molecule has 0 spiro atoms. The Kier molecular flexibility index (Phi) is 7.15. The first-order valence-corrected chi connectivity index (χ1v) is 7.32. The van der Waals surface area contributed by atoms with Crippen LogP contribution in [0.25, 0.3) is 0 Å². The molecule has 0 saturated heterocycles. The van der Waals surface area contributed by atoms with E-state index in [1.807, 2.05) is 0 Å². The number of halogens is 2. The lowest BCUT2D eigenvalue weighted by atomic mass is 10.2. The zero-order valence-corrected chi connectivity index (χ0v) is 13.0. The maximum Gasteiger partial charge on any atom is 0.243 e. The summed E-state index contributed by atoms with van der Waals surface area (Å²) in [6.07, 6.45) is 2.93. The molecule has 1 aromatic rings. The molecule has 0 radical (unpaired) electrons. The van der Waals surface area contributed by atoms with E-state index in [2.05, 4.69) is 12.2 Å². The third-order valence-corrected chi connectivity index (χ3v) is 3.30. The Morgan fingerprint density at radius 1 is 1.33 bits per heavy atom. The second kappa shape index (κ2) is 8.62. The van der Waals surface area contributed by atoms with Crippen LogP contribution < -0.4 is 5.32 Å². The van der Waals surface area contributed by atoms with E-state index in [0.29, 0.717) is 12.2 Å². The van der Waals surface area contributed by atoms with Crippen molar-refractivity contribution in [2.75, 3.05) is 18.4 Å². The van der Waals surface area contributed by atoms with Crippen molar-refractivity contribution in [1.29, 1.82) is 0 Å². The standard InChI is InChI=1S/C15H20ClFN2O2/c1-3-4-5-8-19(11(2)20)10-15(21)18-12-6-7-14(17)13(16)9-12/h6-7,9H,3-5,8,10H2,1-2H3,(H,18,21). The lowest BCUT2D eigenvalue weighted by molar-refractivity contribution is -0.132. The van der Waals surface area contributed by atoms with E-state index >= 15 is 0 Å². The number of carbonyl (C=O) groups excluding carboxylic acids is 2. The highest BCUT2D eigenvalue weighted by Crippen LogP contribution is 2.19. The third kappa shape index (κ3) is 6.12. The lowest BCUT2D eigenvalue weighted by Gasteiger charge is -2.20. The molecule has 0 aromatic heterocycles. The number of nitrogens with zero attached hydrogens (tertiary/aromatic N) is 1. The Bertz CT molecular complexity index is 508. The highest BCUT2D eigenvalue weighted by atomic mass is 35.5. The topological polar surface area (TPSA) is 49.4 Å². The summed E-state index contributed by atoms with van der Waals surface area (Å²) in [5.74, 6) is -1.01. The van der Waals surface area contributed by atoms with Gasteiger partial charge in [-0.05, 0) is 24.6 Å². The Morgan fingerprint density at radius 2 is 2.05 bits per heavy atom. The minimum absolute atomic E-state index is 0.0198. The van der Waals surface area contributed by atoms with Crippen LogP contribution in [0.2, 0.25) is 5.02 Å². The average molecular weight is 315 g/mol. The van der Waals surface area contributed by atoms with Gasteiger partial charge in [-0.2, -0.15) is 0 Å². The summed E-state index contributed by atoms with van der Waals surface area (Å²) in [7, 11) is 0. The zero-order chi connectivity index (χ0) is 15.8. The van der Waals surface area contributed by atoms with Gasteiger partial charge in [0.15, 0.2) is 0 Å². The van der Waals surface area contributed by atoms with Crippen LogP contribution in [0.3, 0.4) is 0 Å². The monoisotopic (exact) mass is 314 g/mol. The van der Waals surface area contributed by atoms with E-state index in [4.69, 9.17) is 11.6 Å². The van der Waals surface area contributed by atoms with Crippen molar-refractivity contribution in [3.8, 4) is 0 Å². The van der Waals surface area contributed by atoms with E-state index < -0.39 is 5.82 Å². The molecule has 0 aliphatic heterocycles. The van der Waals surface area contributed by atoms with Gasteiger partial charge in [-0.15, -0.1) is 0 Å². The number of carbonyl (C=O) groups is 2. The second-order valence-electron chi connectivity index (χ2n) is 4.82. The maximum atomic E-state index is 13.0. The van der Waals surface area contributed by atoms with Gasteiger partial charge in [0.1, 0.15) is 5.82 Å². The van der Waals surface area contributed by atoms with E-state index in [1.165, 1.54) is 30.0 Å². The molecule has 0 unspecified atom stereocenters. The SMILES string of the molecule is CCCCCN(CC(=O)Nc1ccc(F)c(Cl)c1)C(C)=O. The first-order valence-electron chi connectivity index (χ1n) is 6.94. The van der Waals surface area contributed by atoms with Gasteiger partial charge in [0, 0.05) is 19.2 Å². The lowest BCUT2D eigenvalue weighted by Crippen LogP contribution is -2.37. The predicted molar refractivity (Wildman–Crippen MR) is 81.8 cm³/mol. The molecule has 2 amide bonds. The summed E-state index contributed by atoms with van der Waals surface area (Å²) in [6, 6.07) is 3.94. The van der Waals surface area contributed by atoms with Crippen LogP contribution in [0.4, 0.5) is 10.1 Å².